The number of rotatable bonds is 1. The highest BCUT2D eigenvalue weighted by molar-refractivity contribution is 7.21. The number of halogens is 3. The summed E-state index contributed by atoms with van der Waals surface area (Å²) in [6, 6.07) is 9.19. The Balaban J connectivity index is 2.09. The minimum absolute atomic E-state index is 0.639. The molecule has 0 unspecified atom stereocenters. The molecule has 1 nitrogen and oxygen atoms in total. The number of nitrogens with zero attached hydrogens (tertiary/aromatic N) is 1. The molecule has 0 aliphatic heterocycles. The first-order valence-corrected chi connectivity index (χ1v) is 7.22. The number of aryl methyl sites for hydroxylation is 2. The van der Waals surface area contributed by atoms with Gasteiger partial charge in [-0.1, -0.05) is 24.3 Å². The molecule has 0 fully saturated rings. The first-order chi connectivity index (χ1) is 9.86. The Kier molecular flexibility index (Phi) is 3.24. The van der Waals surface area contributed by atoms with Crippen LogP contribution in [0, 0.1) is 13.8 Å². The molecular weight excluding hydrogens is 295 g/mol. The molecule has 0 atom stereocenters. The molecule has 0 radical (unpaired) electrons. The van der Waals surface area contributed by atoms with E-state index in [1.165, 1.54) is 23.5 Å². The highest BCUT2D eigenvalue weighted by Gasteiger charge is 2.30. The lowest BCUT2D eigenvalue weighted by Crippen LogP contribution is -2.03. The number of fused-ring (bicyclic) bond motifs is 1. The summed E-state index contributed by atoms with van der Waals surface area (Å²) in [5.74, 6) is 0. The Morgan fingerprint density at radius 2 is 1.52 bits per heavy atom. The summed E-state index contributed by atoms with van der Waals surface area (Å²) in [7, 11) is 0. The van der Waals surface area contributed by atoms with Crippen molar-refractivity contribution in [2.75, 3.05) is 0 Å². The Bertz CT molecular complexity index is 762. The van der Waals surface area contributed by atoms with E-state index in [1.54, 1.807) is 0 Å². The lowest BCUT2D eigenvalue weighted by molar-refractivity contribution is -0.137. The molecule has 0 bridgehead atoms. The Hall–Kier alpha value is -1.88. The van der Waals surface area contributed by atoms with E-state index in [0.717, 1.165) is 38.5 Å². The molecule has 3 aromatic rings. The summed E-state index contributed by atoms with van der Waals surface area (Å²) < 4.78 is 38.8. The molecule has 21 heavy (non-hydrogen) atoms. The monoisotopic (exact) mass is 307 g/mol. The molecule has 5 heteroatoms. The molecule has 0 amide bonds. The molecular formula is C16H12F3NS. The molecule has 2 aromatic carbocycles. The van der Waals surface area contributed by atoms with Crippen LogP contribution < -0.4 is 0 Å². The molecule has 0 spiro atoms. The van der Waals surface area contributed by atoms with E-state index >= 15 is 0 Å². The summed E-state index contributed by atoms with van der Waals surface area (Å²) in [6.45, 7) is 3.99. The van der Waals surface area contributed by atoms with Crippen LogP contribution >= 0.6 is 11.3 Å². The minimum Gasteiger partial charge on any atom is -0.236 e. The van der Waals surface area contributed by atoms with Gasteiger partial charge in [-0.15, -0.1) is 11.3 Å². The number of hydrogen-bond donors (Lipinski definition) is 0. The average molecular weight is 307 g/mol. The van der Waals surface area contributed by atoms with Crippen molar-refractivity contribution < 1.29 is 13.2 Å². The van der Waals surface area contributed by atoms with Gasteiger partial charge in [0.1, 0.15) is 5.01 Å². The predicted octanol–water partition coefficient (Wildman–Crippen LogP) is 5.60. The molecule has 1 aromatic heterocycles. The zero-order valence-electron chi connectivity index (χ0n) is 11.5. The zero-order chi connectivity index (χ0) is 15.2. The maximum Gasteiger partial charge on any atom is 0.416 e. The first kappa shape index (κ1) is 14.1. The van der Waals surface area contributed by atoms with Crippen molar-refractivity contribution in [2.45, 2.75) is 20.0 Å². The van der Waals surface area contributed by atoms with E-state index in [2.05, 4.69) is 4.98 Å². The third-order valence-corrected chi connectivity index (χ3v) is 4.64. The van der Waals surface area contributed by atoms with E-state index in [1.807, 2.05) is 26.0 Å². The topological polar surface area (TPSA) is 12.9 Å². The van der Waals surface area contributed by atoms with Crippen molar-refractivity contribution in [1.29, 1.82) is 0 Å². The van der Waals surface area contributed by atoms with Crippen molar-refractivity contribution in [3.63, 3.8) is 0 Å². The lowest BCUT2D eigenvalue weighted by Gasteiger charge is -2.06. The van der Waals surface area contributed by atoms with Crippen LogP contribution in [0.4, 0.5) is 13.2 Å². The van der Waals surface area contributed by atoms with Crippen molar-refractivity contribution in [3.8, 4) is 10.6 Å². The zero-order valence-corrected chi connectivity index (χ0v) is 12.3. The second-order valence-corrected chi connectivity index (χ2v) is 5.97. The number of alkyl halides is 3. The van der Waals surface area contributed by atoms with E-state index in [-0.39, 0.29) is 0 Å². The Labute approximate surface area is 124 Å². The SMILES string of the molecule is Cc1ccc(C)c2sc(-c3ccc(C(F)(F)F)cc3)nc12. The summed E-state index contributed by atoms with van der Waals surface area (Å²) in [5.41, 5.74) is 3.20. The number of benzene rings is 2. The summed E-state index contributed by atoms with van der Waals surface area (Å²) in [4.78, 5) is 4.57. The van der Waals surface area contributed by atoms with Gasteiger partial charge in [0.15, 0.2) is 0 Å². The standard InChI is InChI=1S/C16H12F3NS/c1-9-3-4-10(2)14-13(9)20-15(21-14)11-5-7-12(8-6-11)16(17,18)19/h3-8H,1-2H3. The quantitative estimate of drug-likeness (QED) is 0.570. The van der Waals surface area contributed by atoms with Crippen LogP contribution in [0.5, 0.6) is 0 Å². The van der Waals surface area contributed by atoms with E-state index in [9.17, 15) is 13.2 Å². The van der Waals surface area contributed by atoms with Gasteiger partial charge in [0.05, 0.1) is 15.8 Å². The van der Waals surface area contributed by atoms with Gasteiger partial charge in [0.25, 0.3) is 0 Å². The fraction of sp³-hybridized carbons (Fsp3) is 0.188. The summed E-state index contributed by atoms with van der Waals surface area (Å²) >= 11 is 1.51. The lowest BCUT2D eigenvalue weighted by atomic mass is 10.1. The van der Waals surface area contributed by atoms with Crippen molar-refractivity contribution in [1.82, 2.24) is 4.98 Å². The van der Waals surface area contributed by atoms with Gasteiger partial charge in [-0.3, -0.25) is 0 Å². The van der Waals surface area contributed by atoms with Gasteiger partial charge in [0.2, 0.25) is 0 Å². The fourth-order valence-electron chi connectivity index (χ4n) is 2.18. The third kappa shape index (κ3) is 2.53. The molecule has 0 saturated heterocycles. The van der Waals surface area contributed by atoms with Gasteiger partial charge in [-0.05, 0) is 37.1 Å². The second kappa shape index (κ2) is 4.84. The van der Waals surface area contributed by atoms with Crippen molar-refractivity contribution in [2.24, 2.45) is 0 Å². The van der Waals surface area contributed by atoms with Gasteiger partial charge < -0.3 is 0 Å². The largest absolute Gasteiger partial charge is 0.416 e. The summed E-state index contributed by atoms with van der Waals surface area (Å²) in [6.07, 6.45) is -4.31. The van der Waals surface area contributed by atoms with Crippen LogP contribution in [0.3, 0.4) is 0 Å². The van der Waals surface area contributed by atoms with Gasteiger partial charge in [0, 0.05) is 5.56 Å². The van der Waals surface area contributed by atoms with Crippen LogP contribution in [-0.4, -0.2) is 4.98 Å². The highest BCUT2D eigenvalue weighted by atomic mass is 32.1. The van der Waals surface area contributed by atoms with Gasteiger partial charge >= 0.3 is 6.18 Å². The van der Waals surface area contributed by atoms with Gasteiger partial charge in [-0.25, -0.2) is 4.98 Å². The smallest absolute Gasteiger partial charge is 0.236 e. The van der Waals surface area contributed by atoms with Crippen molar-refractivity contribution >= 4 is 21.6 Å². The first-order valence-electron chi connectivity index (χ1n) is 6.40. The normalized spacial score (nSPS) is 12.0. The molecule has 108 valence electrons. The molecule has 0 aliphatic carbocycles. The Morgan fingerprint density at radius 3 is 2.10 bits per heavy atom. The average Bonchev–Trinajstić information content (AvgIpc) is 2.89. The Morgan fingerprint density at radius 1 is 0.905 bits per heavy atom. The van der Waals surface area contributed by atoms with Crippen LogP contribution in [0.25, 0.3) is 20.8 Å². The van der Waals surface area contributed by atoms with Crippen LogP contribution in [-0.2, 0) is 6.18 Å². The molecule has 0 N–H and O–H groups in total. The van der Waals surface area contributed by atoms with Crippen LogP contribution in [0.15, 0.2) is 36.4 Å². The molecule has 0 saturated carbocycles. The fourth-order valence-corrected chi connectivity index (χ4v) is 3.30. The number of hydrogen-bond acceptors (Lipinski definition) is 2. The van der Waals surface area contributed by atoms with E-state index < -0.39 is 11.7 Å². The maximum absolute atomic E-state index is 12.6. The number of thiazole rings is 1. The van der Waals surface area contributed by atoms with Gasteiger partial charge in [-0.2, -0.15) is 13.2 Å². The van der Waals surface area contributed by atoms with Crippen LogP contribution in [0.1, 0.15) is 16.7 Å². The van der Waals surface area contributed by atoms with Crippen LogP contribution in [0.2, 0.25) is 0 Å². The third-order valence-electron chi connectivity index (χ3n) is 3.40. The molecule has 3 rings (SSSR count). The van der Waals surface area contributed by atoms with E-state index in [0.29, 0.717) is 5.56 Å². The highest BCUT2D eigenvalue weighted by Crippen LogP contribution is 2.35. The maximum atomic E-state index is 12.6. The molecule has 0 aliphatic rings. The van der Waals surface area contributed by atoms with E-state index in [4.69, 9.17) is 0 Å². The number of aromatic nitrogens is 1. The minimum atomic E-state index is -4.31. The van der Waals surface area contributed by atoms with Crippen molar-refractivity contribution in [3.05, 3.63) is 53.1 Å². The molecule has 1 heterocycles. The predicted molar refractivity (Wildman–Crippen MR) is 79.5 cm³/mol. The second-order valence-electron chi connectivity index (χ2n) is 4.97. The summed E-state index contributed by atoms with van der Waals surface area (Å²) in [5, 5.41) is 0.746.